The second-order valence-corrected chi connectivity index (χ2v) is 9.65. The highest BCUT2D eigenvalue weighted by Gasteiger charge is 2.19. The maximum absolute atomic E-state index is 13.2. The fraction of sp³-hybridized carbons (Fsp3) is 0.682. The number of hydrogen-bond donors (Lipinski definition) is 1. The Morgan fingerprint density at radius 1 is 1.10 bits per heavy atom. The Balaban J connectivity index is 2.05. The topological polar surface area (TPSA) is 79.0 Å². The molecule has 1 aliphatic heterocycles. The van der Waals surface area contributed by atoms with E-state index in [9.17, 15) is 13.2 Å². The Kier molecular flexibility index (Phi) is 10.6. The van der Waals surface area contributed by atoms with Gasteiger partial charge in [-0.3, -0.25) is 14.4 Å². The monoisotopic (exact) mass is 439 g/mol. The number of sulfonamides is 1. The summed E-state index contributed by atoms with van der Waals surface area (Å²) in [6, 6.07) is 6.81. The molecule has 1 amide bonds. The van der Waals surface area contributed by atoms with E-state index in [-0.39, 0.29) is 11.7 Å². The van der Waals surface area contributed by atoms with Gasteiger partial charge in [-0.15, -0.1) is 0 Å². The van der Waals surface area contributed by atoms with Crippen LogP contribution in [0, 0.1) is 0 Å². The molecule has 1 saturated heterocycles. The summed E-state index contributed by atoms with van der Waals surface area (Å²) in [5, 5.41) is 0. The predicted octanol–water partition coefficient (Wildman–Crippen LogP) is 3.19. The molecule has 1 N–H and O–H groups in total. The predicted molar refractivity (Wildman–Crippen MR) is 121 cm³/mol. The molecular formula is C22H37N3O4S. The van der Waals surface area contributed by atoms with E-state index in [1.807, 2.05) is 11.8 Å². The van der Waals surface area contributed by atoms with Crippen molar-refractivity contribution in [1.82, 2.24) is 9.80 Å². The molecule has 1 aromatic carbocycles. The summed E-state index contributed by atoms with van der Waals surface area (Å²) in [5.74, 6) is 0.0187. The van der Waals surface area contributed by atoms with Gasteiger partial charge in [0.15, 0.2) is 0 Å². The van der Waals surface area contributed by atoms with Gasteiger partial charge in [0.2, 0.25) is 10.0 Å². The number of hydrogen-bond acceptors (Lipinski definition) is 5. The fourth-order valence-electron chi connectivity index (χ4n) is 3.53. The summed E-state index contributed by atoms with van der Waals surface area (Å²) in [6.07, 6.45) is 4.95. The second-order valence-electron chi connectivity index (χ2n) is 7.81. The summed E-state index contributed by atoms with van der Waals surface area (Å²) in [6.45, 7) is 9.47. The van der Waals surface area contributed by atoms with Gasteiger partial charge in [-0.2, -0.15) is 0 Å². The van der Waals surface area contributed by atoms with Crippen LogP contribution in [0.3, 0.4) is 0 Å². The van der Waals surface area contributed by atoms with Crippen molar-refractivity contribution in [3.05, 3.63) is 29.8 Å². The van der Waals surface area contributed by atoms with Crippen molar-refractivity contribution in [3.63, 3.8) is 0 Å². The minimum atomic E-state index is -3.39. The molecule has 7 nitrogen and oxygen atoms in total. The Morgan fingerprint density at radius 3 is 2.57 bits per heavy atom. The van der Waals surface area contributed by atoms with E-state index in [2.05, 4.69) is 16.5 Å². The number of rotatable bonds is 13. The molecule has 0 bridgehead atoms. The van der Waals surface area contributed by atoms with Gasteiger partial charge >= 0.3 is 0 Å². The molecule has 30 heavy (non-hydrogen) atoms. The zero-order chi connectivity index (χ0) is 21.8. The highest BCUT2D eigenvalue weighted by molar-refractivity contribution is 7.92. The Bertz CT molecular complexity index is 749. The molecule has 0 atom stereocenters. The van der Waals surface area contributed by atoms with Gasteiger partial charge < -0.3 is 9.64 Å². The van der Waals surface area contributed by atoms with Crippen LogP contribution in [0.4, 0.5) is 5.69 Å². The minimum absolute atomic E-state index is 0.0451. The average Bonchev–Trinajstić information content (AvgIpc) is 2.73. The maximum Gasteiger partial charge on any atom is 0.253 e. The molecule has 0 spiro atoms. The van der Waals surface area contributed by atoms with Gasteiger partial charge in [-0.1, -0.05) is 39.2 Å². The lowest BCUT2D eigenvalue weighted by molar-refractivity contribution is 0.0324. The van der Waals surface area contributed by atoms with Crippen LogP contribution in [0.2, 0.25) is 0 Å². The van der Waals surface area contributed by atoms with E-state index >= 15 is 0 Å². The number of carbonyl (C=O) groups is 1. The van der Waals surface area contributed by atoms with Gasteiger partial charge in [-0.25, -0.2) is 8.42 Å². The third-order valence-corrected chi connectivity index (χ3v) is 6.71. The van der Waals surface area contributed by atoms with Crippen LogP contribution in [-0.4, -0.2) is 75.8 Å². The van der Waals surface area contributed by atoms with Crippen molar-refractivity contribution in [2.24, 2.45) is 0 Å². The molecule has 0 aromatic heterocycles. The summed E-state index contributed by atoms with van der Waals surface area (Å²) < 4.78 is 32.1. The molecule has 1 aromatic rings. The molecule has 0 aliphatic carbocycles. The van der Waals surface area contributed by atoms with Crippen molar-refractivity contribution in [2.75, 3.05) is 56.4 Å². The summed E-state index contributed by atoms with van der Waals surface area (Å²) in [5.41, 5.74) is 0.956. The molecule has 0 saturated carbocycles. The van der Waals surface area contributed by atoms with Gasteiger partial charge in [0.05, 0.1) is 19.0 Å². The van der Waals surface area contributed by atoms with Crippen molar-refractivity contribution < 1.29 is 17.9 Å². The van der Waals surface area contributed by atoms with E-state index in [0.717, 1.165) is 58.7 Å². The van der Waals surface area contributed by atoms with Gasteiger partial charge in [-0.05, 0) is 31.0 Å². The molecule has 1 aliphatic rings. The van der Waals surface area contributed by atoms with E-state index < -0.39 is 10.0 Å². The lowest BCUT2D eigenvalue weighted by Gasteiger charge is -2.30. The first-order valence-electron chi connectivity index (χ1n) is 11.1. The first-order chi connectivity index (χ1) is 14.4. The van der Waals surface area contributed by atoms with Crippen LogP contribution in [0.15, 0.2) is 24.3 Å². The Labute approximate surface area is 181 Å². The summed E-state index contributed by atoms with van der Waals surface area (Å²) in [7, 11) is -3.39. The largest absolute Gasteiger partial charge is 0.379 e. The van der Waals surface area contributed by atoms with E-state index in [1.54, 1.807) is 24.3 Å². The normalized spacial score (nSPS) is 15.1. The number of unbranched alkanes of at least 4 members (excludes halogenated alkanes) is 3. The zero-order valence-electron chi connectivity index (χ0n) is 18.4. The number of morpholine rings is 1. The molecule has 0 unspecified atom stereocenters. The molecule has 1 heterocycles. The third-order valence-electron chi connectivity index (χ3n) is 5.21. The van der Waals surface area contributed by atoms with Crippen molar-refractivity contribution >= 4 is 21.6 Å². The van der Waals surface area contributed by atoms with Gasteiger partial charge in [0, 0.05) is 44.0 Å². The Hall–Kier alpha value is -1.64. The Morgan fingerprint density at radius 2 is 1.87 bits per heavy atom. The lowest BCUT2D eigenvalue weighted by atomic mass is 10.1. The van der Waals surface area contributed by atoms with Gasteiger partial charge in [0.1, 0.15) is 0 Å². The maximum atomic E-state index is 13.2. The van der Waals surface area contributed by atoms with E-state index in [4.69, 9.17) is 4.74 Å². The van der Waals surface area contributed by atoms with Crippen LogP contribution < -0.4 is 4.72 Å². The zero-order valence-corrected chi connectivity index (χ0v) is 19.3. The van der Waals surface area contributed by atoms with E-state index in [0.29, 0.717) is 24.2 Å². The highest BCUT2D eigenvalue weighted by atomic mass is 32.2. The smallest absolute Gasteiger partial charge is 0.253 e. The first kappa shape index (κ1) is 24.6. The summed E-state index contributed by atoms with van der Waals surface area (Å²) in [4.78, 5) is 17.5. The van der Waals surface area contributed by atoms with Gasteiger partial charge in [0.25, 0.3) is 5.91 Å². The van der Waals surface area contributed by atoms with Crippen LogP contribution in [0.5, 0.6) is 0 Å². The lowest BCUT2D eigenvalue weighted by Crippen LogP contribution is -2.43. The fourth-order valence-corrected chi connectivity index (χ4v) is 4.65. The number of carbonyl (C=O) groups excluding carboxylic acids is 1. The van der Waals surface area contributed by atoms with Crippen LogP contribution in [0.25, 0.3) is 0 Å². The minimum Gasteiger partial charge on any atom is -0.379 e. The number of nitrogens with zero attached hydrogens (tertiary/aromatic N) is 2. The number of anilines is 1. The molecule has 170 valence electrons. The number of amides is 1. The number of nitrogens with one attached hydrogen (secondary N) is 1. The highest BCUT2D eigenvalue weighted by Crippen LogP contribution is 2.16. The van der Waals surface area contributed by atoms with Crippen LogP contribution >= 0.6 is 0 Å². The molecule has 8 heteroatoms. The SMILES string of the molecule is CCCCCCN(CCN1CCOCC1)C(=O)c1cccc(NS(=O)(=O)CCC)c1. The van der Waals surface area contributed by atoms with Crippen molar-refractivity contribution in [1.29, 1.82) is 0 Å². The molecular weight excluding hydrogens is 402 g/mol. The van der Waals surface area contributed by atoms with E-state index in [1.165, 1.54) is 6.42 Å². The standard InChI is InChI=1S/C22H37N3O4S/c1-3-5-6-7-11-25(13-12-24-14-16-29-17-15-24)22(26)20-9-8-10-21(19-20)23-30(27,28)18-4-2/h8-10,19,23H,3-7,11-18H2,1-2H3. The number of benzene rings is 1. The molecule has 0 radical (unpaired) electrons. The number of ether oxygens (including phenoxy) is 1. The summed E-state index contributed by atoms with van der Waals surface area (Å²) >= 11 is 0. The second kappa shape index (κ2) is 12.9. The quantitative estimate of drug-likeness (QED) is 0.478. The van der Waals surface area contributed by atoms with Crippen LogP contribution in [0.1, 0.15) is 56.3 Å². The first-order valence-corrected chi connectivity index (χ1v) is 12.8. The molecule has 2 rings (SSSR count). The van der Waals surface area contributed by atoms with Crippen molar-refractivity contribution in [3.8, 4) is 0 Å². The van der Waals surface area contributed by atoms with Crippen LogP contribution in [-0.2, 0) is 14.8 Å². The molecule has 1 fully saturated rings. The average molecular weight is 440 g/mol. The third kappa shape index (κ3) is 8.62. The van der Waals surface area contributed by atoms with Crippen molar-refractivity contribution in [2.45, 2.75) is 46.0 Å².